The maximum atomic E-state index is 11.9. The van der Waals surface area contributed by atoms with Gasteiger partial charge >= 0.3 is 0 Å². The van der Waals surface area contributed by atoms with Crippen LogP contribution in [0.1, 0.15) is 10.4 Å². The molecule has 1 amide bonds. The van der Waals surface area contributed by atoms with E-state index >= 15 is 0 Å². The first-order valence-corrected chi connectivity index (χ1v) is 7.54. The van der Waals surface area contributed by atoms with Gasteiger partial charge in [0, 0.05) is 0 Å². The molecule has 0 saturated carbocycles. The van der Waals surface area contributed by atoms with Crippen LogP contribution in [0.15, 0.2) is 24.4 Å². The Hall–Kier alpha value is -1.58. The molecule has 1 aromatic carbocycles. The molecule has 7 heteroatoms. The summed E-state index contributed by atoms with van der Waals surface area (Å²) in [5, 5.41) is 4.10. The van der Waals surface area contributed by atoms with Gasteiger partial charge in [0.15, 0.2) is 5.13 Å². The van der Waals surface area contributed by atoms with Gasteiger partial charge in [0.2, 0.25) is 5.91 Å². The maximum absolute atomic E-state index is 11.9. The van der Waals surface area contributed by atoms with E-state index in [9.17, 15) is 4.79 Å². The summed E-state index contributed by atoms with van der Waals surface area (Å²) in [5.74, 6) is 5.41. The van der Waals surface area contributed by atoms with Crippen LogP contribution in [-0.4, -0.2) is 17.4 Å². The predicted molar refractivity (Wildman–Crippen MR) is 86.8 cm³/mol. The summed E-state index contributed by atoms with van der Waals surface area (Å²) in [5.41, 5.74) is 6.07. The van der Waals surface area contributed by atoms with E-state index in [4.69, 9.17) is 28.9 Å². The van der Waals surface area contributed by atoms with Crippen LogP contribution in [0.5, 0.6) is 0 Å². The molecule has 21 heavy (non-hydrogen) atoms. The number of amides is 1. The third-order valence-corrected chi connectivity index (χ3v) is 3.98. The Labute approximate surface area is 136 Å². The van der Waals surface area contributed by atoms with Crippen LogP contribution in [0.2, 0.25) is 10.0 Å². The van der Waals surface area contributed by atoms with Gasteiger partial charge in [-0.1, -0.05) is 52.4 Å². The van der Waals surface area contributed by atoms with E-state index in [2.05, 4.69) is 22.1 Å². The third-order valence-electron chi connectivity index (χ3n) is 2.41. The van der Waals surface area contributed by atoms with Crippen LogP contribution >= 0.6 is 34.5 Å². The number of thiazole rings is 1. The first-order chi connectivity index (χ1) is 10.1. The molecule has 0 aliphatic rings. The Bertz CT molecular complexity index is 718. The molecule has 2 rings (SSSR count). The zero-order chi connectivity index (χ0) is 15.2. The molecule has 0 unspecified atom stereocenters. The van der Waals surface area contributed by atoms with Gasteiger partial charge in [-0.2, -0.15) is 0 Å². The smallest absolute Gasteiger partial charge is 0.230 e. The quantitative estimate of drug-likeness (QED) is 0.844. The fraction of sp³-hybridized carbons (Fsp3) is 0.143. The normalized spacial score (nSPS) is 9.86. The summed E-state index contributed by atoms with van der Waals surface area (Å²) in [6.45, 7) is 0.289. The number of hydrogen-bond acceptors (Lipinski definition) is 4. The number of aromatic nitrogens is 1. The van der Waals surface area contributed by atoms with Gasteiger partial charge in [-0.05, 0) is 17.7 Å². The highest BCUT2D eigenvalue weighted by Gasteiger charge is 2.08. The minimum atomic E-state index is -0.180. The zero-order valence-electron chi connectivity index (χ0n) is 10.8. The van der Waals surface area contributed by atoms with Gasteiger partial charge in [0.05, 0.1) is 34.1 Å². The van der Waals surface area contributed by atoms with Crippen molar-refractivity contribution in [3.05, 3.63) is 44.9 Å². The van der Waals surface area contributed by atoms with Crippen LogP contribution in [0.25, 0.3) is 0 Å². The van der Waals surface area contributed by atoms with Gasteiger partial charge in [0.25, 0.3) is 0 Å². The Kier molecular flexibility index (Phi) is 5.59. The second kappa shape index (κ2) is 7.43. The van der Waals surface area contributed by atoms with Crippen molar-refractivity contribution in [2.45, 2.75) is 6.42 Å². The standard InChI is InChI=1S/C14H11Cl2N3OS/c15-11-4-3-9(6-12(11)16)7-13(20)19-14-18-8-10(21-14)2-1-5-17/h3-4,6,8H,5,7,17H2,(H,18,19,20). The number of carbonyl (C=O) groups is 1. The lowest BCUT2D eigenvalue weighted by molar-refractivity contribution is -0.115. The fourth-order valence-corrected chi connectivity index (χ4v) is 2.55. The second-order valence-electron chi connectivity index (χ2n) is 4.01. The van der Waals surface area contributed by atoms with Crippen molar-refractivity contribution in [1.29, 1.82) is 0 Å². The Morgan fingerprint density at radius 3 is 2.90 bits per heavy atom. The third kappa shape index (κ3) is 4.73. The molecule has 0 fully saturated rings. The predicted octanol–water partition coefficient (Wildman–Crippen LogP) is 2.94. The van der Waals surface area contributed by atoms with Crippen molar-refractivity contribution >= 4 is 45.6 Å². The number of nitrogens with zero attached hydrogens (tertiary/aromatic N) is 1. The SMILES string of the molecule is NCC#Cc1cnc(NC(=O)Cc2ccc(Cl)c(Cl)c2)s1. The molecule has 0 aliphatic heterocycles. The van der Waals surface area contributed by atoms with Crippen LogP contribution < -0.4 is 11.1 Å². The summed E-state index contributed by atoms with van der Waals surface area (Å²) < 4.78 is 0. The number of nitrogens with two attached hydrogens (primary N) is 1. The topological polar surface area (TPSA) is 68.0 Å². The van der Waals surface area contributed by atoms with Gasteiger partial charge in [-0.25, -0.2) is 4.98 Å². The van der Waals surface area contributed by atoms with Crippen LogP contribution in [0.4, 0.5) is 5.13 Å². The van der Waals surface area contributed by atoms with Crippen LogP contribution in [0.3, 0.4) is 0 Å². The maximum Gasteiger partial charge on any atom is 0.230 e. The first kappa shape index (κ1) is 15.8. The molecule has 0 radical (unpaired) electrons. The average Bonchev–Trinajstić information content (AvgIpc) is 2.88. The number of benzene rings is 1. The van der Waals surface area contributed by atoms with E-state index in [1.165, 1.54) is 11.3 Å². The molecular formula is C14H11Cl2N3OS. The first-order valence-electron chi connectivity index (χ1n) is 5.97. The Morgan fingerprint density at radius 1 is 1.38 bits per heavy atom. The monoisotopic (exact) mass is 339 g/mol. The van der Waals surface area contributed by atoms with Crippen LogP contribution in [-0.2, 0) is 11.2 Å². The number of hydrogen-bond donors (Lipinski definition) is 2. The summed E-state index contributed by atoms with van der Waals surface area (Å²) in [7, 11) is 0. The lowest BCUT2D eigenvalue weighted by Crippen LogP contribution is -2.14. The molecule has 4 nitrogen and oxygen atoms in total. The molecule has 2 aromatic rings. The van der Waals surface area contributed by atoms with E-state index in [1.807, 2.05) is 0 Å². The highest BCUT2D eigenvalue weighted by atomic mass is 35.5. The van der Waals surface area contributed by atoms with E-state index in [0.717, 1.165) is 10.4 Å². The lowest BCUT2D eigenvalue weighted by atomic mass is 10.1. The largest absolute Gasteiger partial charge is 0.320 e. The molecule has 1 heterocycles. The molecule has 108 valence electrons. The zero-order valence-corrected chi connectivity index (χ0v) is 13.1. The molecule has 0 saturated heterocycles. The van der Waals surface area contributed by atoms with Gasteiger partial charge in [0.1, 0.15) is 0 Å². The number of carbonyl (C=O) groups excluding carboxylic acids is 1. The summed E-state index contributed by atoms with van der Waals surface area (Å²) in [6, 6.07) is 5.09. The van der Waals surface area contributed by atoms with E-state index < -0.39 is 0 Å². The highest BCUT2D eigenvalue weighted by Crippen LogP contribution is 2.23. The Balaban J connectivity index is 1.98. The van der Waals surface area contributed by atoms with E-state index in [-0.39, 0.29) is 18.9 Å². The number of anilines is 1. The van der Waals surface area contributed by atoms with Gasteiger partial charge in [-0.15, -0.1) is 0 Å². The Morgan fingerprint density at radius 2 is 2.19 bits per heavy atom. The molecule has 0 bridgehead atoms. The lowest BCUT2D eigenvalue weighted by Gasteiger charge is -2.03. The van der Waals surface area contributed by atoms with E-state index in [0.29, 0.717) is 15.2 Å². The van der Waals surface area contributed by atoms with Crippen molar-refractivity contribution in [3.8, 4) is 11.8 Å². The van der Waals surface area contributed by atoms with Gasteiger partial charge in [-0.3, -0.25) is 4.79 Å². The summed E-state index contributed by atoms with van der Waals surface area (Å²) in [4.78, 5) is 16.8. The van der Waals surface area contributed by atoms with Gasteiger partial charge < -0.3 is 11.1 Å². The number of rotatable bonds is 3. The molecule has 0 atom stereocenters. The second-order valence-corrected chi connectivity index (χ2v) is 5.85. The van der Waals surface area contributed by atoms with Crippen molar-refractivity contribution in [3.63, 3.8) is 0 Å². The summed E-state index contributed by atoms with van der Waals surface area (Å²) in [6.07, 6.45) is 1.79. The van der Waals surface area contributed by atoms with Crippen molar-refractivity contribution in [2.24, 2.45) is 5.73 Å². The molecular weight excluding hydrogens is 329 g/mol. The van der Waals surface area contributed by atoms with Crippen molar-refractivity contribution in [2.75, 3.05) is 11.9 Å². The van der Waals surface area contributed by atoms with Crippen LogP contribution in [0, 0.1) is 11.8 Å². The molecule has 1 aromatic heterocycles. The average molecular weight is 340 g/mol. The minimum Gasteiger partial charge on any atom is -0.320 e. The summed E-state index contributed by atoms with van der Waals surface area (Å²) >= 11 is 13.0. The molecule has 0 aliphatic carbocycles. The highest BCUT2D eigenvalue weighted by molar-refractivity contribution is 7.16. The van der Waals surface area contributed by atoms with E-state index in [1.54, 1.807) is 24.4 Å². The minimum absolute atomic E-state index is 0.180. The van der Waals surface area contributed by atoms with Crippen molar-refractivity contribution < 1.29 is 4.79 Å². The molecule has 0 spiro atoms. The van der Waals surface area contributed by atoms with Crippen molar-refractivity contribution in [1.82, 2.24) is 4.98 Å². The molecule has 3 N–H and O–H groups in total. The number of halogens is 2. The number of nitrogens with one attached hydrogen (secondary N) is 1. The fourth-order valence-electron chi connectivity index (χ4n) is 1.53.